The average Bonchev–Trinajstić information content (AvgIpc) is 2.54. The lowest BCUT2D eigenvalue weighted by Crippen LogP contribution is -2.50. The van der Waals surface area contributed by atoms with Crippen molar-refractivity contribution in [3.8, 4) is 0 Å². The van der Waals surface area contributed by atoms with Crippen molar-refractivity contribution in [2.24, 2.45) is 23.2 Å². The van der Waals surface area contributed by atoms with E-state index in [4.69, 9.17) is 0 Å². The summed E-state index contributed by atoms with van der Waals surface area (Å²) in [7, 11) is 0. The molecular weight excluding hydrogens is 310 g/mol. The van der Waals surface area contributed by atoms with E-state index in [1.165, 1.54) is 38.5 Å². The summed E-state index contributed by atoms with van der Waals surface area (Å²) in [6, 6.07) is 5.62. The highest BCUT2D eigenvalue weighted by atomic mass is 16.1. The zero-order valence-electron chi connectivity index (χ0n) is 15.0. The quantitative estimate of drug-likeness (QED) is 0.931. The third kappa shape index (κ3) is 2.80. The molecule has 4 aliphatic rings. The van der Waals surface area contributed by atoms with Crippen molar-refractivity contribution in [3.05, 3.63) is 46.0 Å². The minimum Gasteiger partial charge on any atom is -0.311 e. The van der Waals surface area contributed by atoms with Crippen molar-refractivity contribution in [3.63, 3.8) is 0 Å². The SMILES string of the molecule is Cc1ccc2nc(CNCC34CC5CC(CC(C5)C3)C4)cc(=O)n2c1. The van der Waals surface area contributed by atoms with Gasteiger partial charge in [0.1, 0.15) is 5.65 Å². The molecule has 0 saturated heterocycles. The molecule has 0 radical (unpaired) electrons. The van der Waals surface area contributed by atoms with Gasteiger partial charge in [-0.3, -0.25) is 9.20 Å². The van der Waals surface area contributed by atoms with Crippen LogP contribution in [-0.2, 0) is 6.54 Å². The van der Waals surface area contributed by atoms with Gasteiger partial charge in [-0.15, -0.1) is 0 Å². The first-order valence-corrected chi connectivity index (χ1v) is 9.78. The van der Waals surface area contributed by atoms with Gasteiger partial charge in [-0.25, -0.2) is 4.98 Å². The predicted octanol–water partition coefficient (Wildman–Crippen LogP) is 3.31. The first-order valence-electron chi connectivity index (χ1n) is 9.78. The van der Waals surface area contributed by atoms with Crippen molar-refractivity contribution >= 4 is 5.65 Å². The second-order valence-corrected chi connectivity index (χ2v) is 9.04. The van der Waals surface area contributed by atoms with Crippen LogP contribution in [0.1, 0.15) is 49.8 Å². The maximum absolute atomic E-state index is 12.3. The summed E-state index contributed by atoms with van der Waals surface area (Å²) in [6.07, 6.45) is 10.6. The molecule has 2 aromatic rings. The Morgan fingerprint density at radius 3 is 2.52 bits per heavy atom. The standard InChI is InChI=1S/C21H27N3O/c1-14-2-3-19-23-18(7-20(25)24(19)12-14)11-22-13-21-8-15-4-16(9-21)6-17(5-15)10-21/h2-3,7,12,15-17,22H,4-6,8-11,13H2,1H3. The van der Waals surface area contributed by atoms with Gasteiger partial charge in [0, 0.05) is 25.4 Å². The highest BCUT2D eigenvalue weighted by molar-refractivity contribution is 5.39. The molecule has 132 valence electrons. The van der Waals surface area contributed by atoms with E-state index in [0.29, 0.717) is 12.0 Å². The molecule has 0 amide bonds. The van der Waals surface area contributed by atoms with E-state index in [9.17, 15) is 4.79 Å². The molecule has 4 heteroatoms. The third-order valence-electron chi connectivity index (χ3n) is 6.83. The number of aromatic nitrogens is 2. The molecule has 4 aliphatic carbocycles. The van der Waals surface area contributed by atoms with Crippen LogP contribution in [0.2, 0.25) is 0 Å². The Labute approximate surface area is 148 Å². The van der Waals surface area contributed by atoms with Crippen molar-refractivity contribution in [2.75, 3.05) is 6.54 Å². The minimum atomic E-state index is 0.0142. The van der Waals surface area contributed by atoms with E-state index in [1.54, 1.807) is 10.5 Å². The fraction of sp³-hybridized carbons (Fsp3) is 0.619. The summed E-state index contributed by atoms with van der Waals surface area (Å²) < 4.78 is 1.64. The Morgan fingerprint density at radius 1 is 1.16 bits per heavy atom. The Balaban J connectivity index is 1.30. The van der Waals surface area contributed by atoms with Crippen molar-refractivity contribution in [2.45, 2.75) is 52.0 Å². The van der Waals surface area contributed by atoms with E-state index in [0.717, 1.165) is 41.2 Å². The highest BCUT2D eigenvalue weighted by Gasteiger charge is 2.50. The maximum atomic E-state index is 12.3. The average molecular weight is 337 g/mol. The van der Waals surface area contributed by atoms with Gasteiger partial charge in [0.05, 0.1) is 5.69 Å². The van der Waals surface area contributed by atoms with E-state index < -0.39 is 0 Å². The van der Waals surface area contributed by atoms with Gasteiger partial charge < -0.3 is 5.32 Å². The Hall–Kier alpha value is -1.68. The molecule has 0 aliphatic heterocycles. The Bertz CT molecular complexity index is 834. The van der Waals surface area contributed by atoms with Crippen LogP contribution in [0.5, 0.6) is 0 Å². The van der Waals surface area contributed by atoms with E-state index >= 15 is 0 Å². The van der Waals surface area contributed by atoms with Gasteiger partial charge in [-0.05, 0) is 80.2 Å². The van der Waals surface area contributed by atoms with Gasteiger partial charge in [-0.1, -0.05) is 6.07 Å². The molecule has 2 aromatic heterocycles. The molecule has 4 fully saturated rings. The van der Waals surface area contributed by atoms with Crippen LogP contribution in [-0.4, -0.2) is 15.9 Å². The number of nitrogens with one attached hydrogen (secondary N) is 1. The number of hydrogen-bond acceptors (Lipinski definition) is 3. The molecule has 4 bridgehead atoms. The molecule has 0 atom stereocenters. The van der Waals surface area contributed by atoms with E-state index in [2.05, 4.69) is 10.3 Å². The molecule has 25 heavy (non-hydrogen) atoms. The Morgan fingerprint density at radius 2 is 1.84 bits per heavy atom. The molecule has 4 nitrogen and oxygen atoms in total. The van der Waals surface area contributed by atoms with Crippen LogP contribution in [0.15, 0.2) is 29.2 Å². The van der Waals surface area contributed by atoms with Gasteiger partial charge in [-0.2, -0.15) is 0 Å². The molecule has 1 N–H and O–H groups in total. The number of rotatable bonds is 4. The number of hydrogen-bond donors (Lipinski definition) is 1. The van der Waals surface area contributed by atoms with Crippen LogP contribution in [0.25, 0.3) is 5.65 Å². The zero-order valence-corrected chi connectivity index (χ0v) is 15.0. The lowest BCUT2D eigenvalue weighted by Gasteiger charge is -2.57. The van der Waals surface area contributed by atoms with Gasteiger partial charge >= 0.3 is 0 Å². The lowest BCUT2D eigenvalue weighted by molar-refractivity contribution is -0.0514. The summed E-state index contributed by atoms with van der Waals surface area (Å²) in [5.41, 5.74) is 3.21. The molecule has 4 saturated carbocycles. The van der Waals surface area contributed by atoms with Gasteiger partial charge in [0.25, 0.3) is 5.56 Å². The number of nitrogens with zero attached hydrogens (tertiary/aromatic N) is 2. The highest BCUT2D eigenvalue weighted by Crippen LogP contribution is 2.59. The second kappa shape index (κ2) is 5.66. The summed E-state index contributed by atoms with van der Waals surface area (Å²) in [5.74, 6) is 2.96. The van der Waals surface area contributed by atoms with Crippen molar-refractivity contribution in [1.82, 2.24) is 14.7 Å². The number of pyridine rings is 1. The van der Waals surface area contributed by atoms with Crippen LogP contribution in [0.3, 0.4) is 0 Å². The van der Waals surface area contributed by atoms with Gasteiger partial charge in [0.15, 0.2) is 0 Å². The smallest absolute Gasteiger partial charge is 0.258 e. The molecular formula is C21H27N3O. The normalized spacial score (nSPS) is 33.2. The summed E-state index contributed by atoms with van der Waals surface area (Å²) in [6.45, 7) is 3.78. The fourth-order valence-corrected chi connectivity index (χ4v) is 6.31. The largest absolute Gasteiger partial charge is 0.311 e. The molecule has 0 spiro atoms. The Kier molecular flexibility index (Phi) is 3.53. The lowest BCUT2D eigenvalue weighted by atomic mass is 9.49. The predicted molar refractivity (Wildman–Crippen MR) is 98.5 cm³/mol. The van der Waals surface area contributed by atoms with Crippen LogP contribution in [0.4, 0.5) is 0 Å². The zero-order chi connectivity index (χ0) is 17.0. The number of fused-ring (bicyclic) bond motifs is 1. The molecule has 6 rings (SSSR count). The summed E-state index contributed by atoms with van der Waals surface area (Å²) in [5, 5.41) is 3.65. The first kappa shape index (κ1) is 15.6. The van der Waals surface area contributed by atoms with Crippen LogP contribution >= 0.6 is 0 Å². The minimum absolute atomic E-state index is 0.0142. The third-order valence-corrected chi connectivity index (χ3v) is 6.83. The van der Waals surface area contributed by atoms with E-state index in [1.807, 2.05) is 25.3 Å². The fourth-order valence-electron chi connectivity index (χ4n) is 6.31. The van der Waals surface area contributed by atoms with E-state index in [-0.39, 0.29) is 5.56 Å². The summed E-state index contributed by atoms with van der Waals surface area (Å²) >= 11 is 0. The topological polar surface area (TPSA) is 46.4 Å². The van der Waals surface area contributed by atoms with Crippen molar-refractivity contribution < 1.29 is 0 Å². The summed E-state index contributed by atoms with van der Waals surface area (Å²) in [4.78, 5) is 17.0. The molecule has 2 heterocycles. The van der Waals surface area contributed by atoms with Gasteiger partial charge in [0.2, 0.25) is 0 Å². The molecule has 0 unspecified atom stereocenters. The van der Waals surface area contributed by atoms with Crippen LogP contribution in [0, 0.1) is 30.1 Å². The van der Waals surface area contributed by atoms with Crippen molar-refractivity contribution in [1.29, 1.82) is 0 Å². The number of aryl methyl sites for hydroxylation is 1. The first-order chi connectivity index (χ1) is 12.1. The monoisotopic (exact) mass is 337 g/mol. The van der Waals surface area contributed by atoms with Crippen LogP contribution < -0.4 is 10.9 Å². The maximum Gasteiger partial charge on any atom is 0.258 e. The second-order valence-electron chi connectivity index (χ2n) is 9.04. The molecule has 0 aromatic carbocycles.